The van der Waals surface area contributed by atoms with Gasteiger partial charge in [0.25, 0.3) is 0 Å². The van der Waals surface area contributed by atoms with Crippen molar-refractivity contribution < 1.29 is 4.39 Å². The average molecular weight is 420 g/mol. The zero-order valence-corrected chi connectivity index (χ0v) is 15.0. The van der Waals surface area contributed by atoms with Crippen LogP contribution in [-0.2, 0) is 19.9 Å². The lowest BCUT2D eigenvalue weighted by Gasteiger charge is -2.18. The second kappa shape index (κ2) is 7.00. The molecule has 0 bridgehead atoms. The highest BCUT2D eigenvalue weighted by Crippen LogP contribution is 2.29. The van der Waals surface area contributed by atoms with Gasteiger partial charge in [-0.25, -0.2) is 4.39 Å². The van der Waals surface area contributed by atoms with Crippen molar-refractivity contribution in [2.75, 3.05) is 0 Å². The Hall–Kier alpha value is -0.760. The van der Waals surface area contributed by atoms with E-state index >= 15 is 0 Å². The fourth-order valence-electron chi connectivity index (χ4n) is 2.28. The molecule has 4 nitrogen and oxygen atoms in total. The first-order chi connectivity index (χ1) is 9.99. The molecule has 2 rings (SSSR count). The summed E-state index contributed by atoms with van der Waals surface area (Å²) in [5.41, 5.74) is 5.18. The molecule has 21 heavy (non-hydrogen) atoms. The largest absolute Gasteiger partial charge is 0.271 e. The lowest BCUT2D eigenvalue weighted by atomic mass is 10.0. The van der Waals surface area contributed by atoms with Gasteiger partial charge in [-0.15, -0.1) is 0 Å². The molecule has 3 N–H and O–H groups in total. The Bertz CT molecular complexity index is 642. The number of aryl methyl sites for hydroxylation is 2. The van der Waals surface area contributed by atoms with Crippen LogP contribution in [0.3, 0.4) is 0 Å². The summed E-state index contributed by atoms with van der Waals surface area (Å²) in [7, 11) is 1.88. The second-order valence-electron chi connectivity index (χ2n) is 4.75. The van der Waals surface area contributed by atoms with Crippen LogP contribution in [0.5, 0.6) is 0 Å². The van der Waals surface area contributed by atoms with E-state index in [1.165, 1.54) is 0 Å². The quantitative estimate of drug-likeness (QED) is 0.576. The fraction of sp³-hybridized carbons (Fsp3) is 0.357. The maximum atomic E-state index is 14.2. The molecule has 0 spiro atoms. The molecule has 1 aromatic carbocycles. The standard InChI is InChI=1S/C14H17Br2FN4/c1-3-10-13(16)12(21(2)20-10)7-11(19-18)8-5-4-6-9(15)14(8)17/h4-6,11,19H,3,7,18H2,1-2H3. The molecule has 0 amide bonds. The average Bonchev–Trinajstić information content (AvgIpc) is 2.74. The van der Waals surface area contributed by atoms with Gasteiger partial charge >= 0.3 is 0 Å². The molecule has 0 saturated carbocycles. The van der Waals surface area contributed by atoms with E-state index in [0.717, 1.165) is 22.3 Å². The molecule has 1 atom stereocenters. The molecule has 2 aromatic rings. The van der Waals surface area contributed by atoms with Gasteiger partial charge in [0.1, 0.15) is 5.82 Å². The number of rotatable bonds is 5. The minimum Gasteiger partial charge on any atom is -0.271 e. The minimum absolute atomic E-state index is 0.297. The molecule has 0 aliphatic carbocycles. The number of aromatic nitrogens is 2. The van der Waals surface area contributed by atoms with Crippen LogP contribution in [0.2, 0.25) is 0 Å². The van der Waals surface area contributed by atoms with Gasteiger partial charge in [-0.1, -0.05) is 19.1 Å². The number of nitrogens with one attached hydrogen (secondary N) is 1. The van der Waals surface area contributed by atoms with Gasteiger partial charge < -0.3 is 0 Å². The van der Waals surface area contributed by atoms with Crippen LogP contribution in [0.15, 0.2) is 27.1 Å². The van der Waals surface area contributed by atoms with E-state index in [1.807, 2.05) is 18.7 Å². The number of halogens is 3. The Labute approximate surface area is 140 Å². The predicted octanol–water partition coefficient (Wildman–Crippen LogP) is 3.39. The molecular weight excluding hydrogens is 403 g/mol. The Morgan fingerprint density at radius 1 is 1.43 bits per heavy atom. The summed E-state index contributed by atoms with van der Waals surface area (Å²) < 4.78 is 17.4. The zero-order valence-electron chi connectivity index (χ0n) is 11.8. The van der Waals surface area contributed by atoms with Crippen LogP contribution >= 0.6 is 31.9 Å². The first-order valence-corrected chi connectivity index (χ1v) is 8.18. The maximum Gasteiger partial charge on any atom is 0.142 e. The summed E-state index contributed by atoms with van der Waals surface area (Å²) in [6.45, 7) is 2.05. The Balaban J connectivity index is 2.36. The smallest absolute Gasteiger partial charge is 0.142 e. The molecule has 0 aliphatic heterocycles. The summed E-state index contributed by atoms with van der Waals surface area (Å²) in [5, 5.41) is 4.45. The molecule has 1 aromatic heterocycles. The van der Waals surface area contributed by atoms with Crippen molar-refractivity contribution in [3.63, 3.8) is 0 Å². The SMILES string of the molecule is CCc1nn(C)c(CC(NN)c2cccc(Br)c2F)c1Br. The lowest BCUT2D eigenvalue weighted by molar-refractivity contribution is 0.494. The molecule has 114 valence electrons. The summed E-state index contributed by atoms with van der Waals surface area (Å²) in [6, 6.07) is 4.86. The lowest BCUT2D eigenvalue weighted by Crippen LogP contribution is -2.31. The van der Waals surface area contributed by atoms with E-state index < -0.39 is 0 Å². The first kappa shape index (κ1) is 16.6. The van der Waals surface area contributed by atoms with E-state index in [9.17, 15) is 4.39 Å². The molecule has 0 aliphatic rings. The topological polar surface area (TPSA) is 55.9 Å². The van der Waals surface area contributed by atoms with Crippen molar-refractivity contribution in [3.05, 3.63) is 49.9 Å². The normalized spacial score (nSPS) is 12.7. The monoisotopic (exact) mass is 418 g/mol. The van der Waals surface area contributed by atoms with Crippen molar-refractivity contribution >= 4 is 31.9 Å². The van der Waals surface area contributed by atoms with Crippen molar-refractivity contribution in [1.82, 2.24) is 15.2 Å². The number of nitrogens with two attached hydrogens (primary N) is 1. The van der Waals surface area contributed by atoms with Crippen molar-refractivity contribution in [3.8, 4) is 0 Å². The van der Waals surface area contributed by atoms with Crippen LogP contribution < -0.4 is 11.3 Å². The molecule has 1 heterocycles. The first-order valence-electron chi connectivity index (χ1n) is 6.59. The highest BCUT2D eigenvalue weighted by Gasteiger charge is 2.21. The van der Waals surface area contributed by atoms with Crippen molar-refractivity contribution in [2.45, 2.75) is 25.8 Å². The fourth-order valence-corrected chi connectivity index (χ4v) is 3.44. The Kier molecular flexibility index (Phi) is 5.54. The molecular formula is C14H17Br2FN4. The molecule has 1 unspecified atom stereocenters. The van der Waals surface area contributed by atoms with E-state index in [-0.39, 0.29) is 11.9 Å². The Morgan fingerprint density at radius 2 is 2.14 bits per heavy atom. The van der Waals surface area contributed by atoms with Gasteiger partial charge in [0.15, 0.2) is 0 Å². The van der Waals surface area contributed by atoms with Gasteiger partial charge in [-0.3, -0.25) is 16.0 Å². The van der Waals surface area contributed by atoms with Gasteiger partial charge in [0.2, 0.25) is 0 Å². The second-order valence-corrected chi connectivity index (χ2v) is 6.40. The van der Waals surface area contributed by atoms with Crippen LogP contribution in [0, 0.1) is 5.82 Å². The summed E-state index contributed by atoms with van der Waals surface area (Å²) in [4.78, 5) is 0. The summed E-state index contributed by atoms with van der Waals surface area (Å²) in [6.07, 6.45) is 1.37. The highest BCUT2D eigenvalue weighted by molar-refractivity contribution is 9.10. The molecule has 0 saturated heterocycles. The van der Waals surface area contributed by atoms with E-state index in [2.05, 4.69) is 42.4 Å². The zero-order chi connectivity index (χ0) is 15.6. The molecule has 7 heteroatoms. The third-order valence-corrected chi connectivity index (χ3v) is 4.99. The third-order valence-electron chi connectivity index (χ3n) is 3.46. The minimum atomic E-state index is -0.334. The van der Waals surface area contributed by atoms with Gasteiger partial charge in [0, 0.05) is 19.0 Å². The van der Waals surface area contributed by atoms with Gasteiger partial charge in [0.05, 0.1) is 26.4 Å². The van der Waals surface area contributed by atoms with Crippen LogP contribution in [-0.4, -0.2) is 9.78 Å². The number of benzene rings is 1. The number of nitrogens with zero attached hydrogens (tertiary/aromatic N) is 2. The predicted molar refractivity (Wildman–Crippen MR) is 88.2 cm³/mol. The number of hydrazine groups is 1. The number of hydrogen-bond donors (Lipinski definition) is 2. The number of hydrogen-bond acceptors (Lipinski definition) is 3. The van der Waals surface area contributed by atoms with E-state index in [1.54, 1.807) is 18.2 Å². The summed E-state index contributed by atoms with van der Waals surface area (Å²) in [5.74, 6) is 5.34. The van der Waals surface area contributed by atoms with Crippen LogP contribution in [0.1, 0.15) is 29.9 Å². The highest BCUT2D eigenvalue weighted by atomic mass is 79.9. The van der Waals surface area contributed by atoms with Crippen molar-refractivity contribution in [1.29, 1.82) is 0 Å². The third kappa shape index (κ3) is 3.36. The summed E-state index contributed by atoms with van der Waals surface area (Å²) >= 11 is 6.77. The molecule has 0 radical (unpaired) electrons. The van der Waals surface area contributed by atoms with Crippen molar-refractivity contribution in [2.24, 2.45) is 12.9 Å². The van der Waals surface area contributed by atoms with Gasteiger partial charge in [-0.2, -0.15) is 5.10 Å². The van der Waals surface area contributed by atoms with E-state index in [4.69, 9.17) is 5.84 Å². The van der Waals surface area contributed by atoms with Gasteiger partial charge in [-0.05, 0) is 44.3 Å². The Morgan fingerprint density at radius 3 is 2.71 bits per heavy atom. The van der Waals surface area contributed by atoms with Crippen LogP contribution in [0.25, 0.3) is 0 Å². The maximum absolute atomic E-state index is 14.2. The molecule has 0 fully saturated rings. The van der Waals surface area contributed by atoms with E-state index in [0.29, 0.717) is 16.5 Å². The van der Waals surface area contributed by atoms with Crippen LogP contribution in [0.4, 0.5) is 4.39 Å².